The third-order valence-corrected chi connectivity index (χ3v) is 3.91. The maximum atomic E-state index is 11.9. The summed E-state index contributed by atoms with van der Waals surface area (Å²) in [5.74, 6) is -1.11. The molecule has 21 heavy (non-hydrogen) atoms. The van der Waals surface area contributed by atoms with Crippen LogP contribution in [0.5, 0.6) is 0 Å². The molecule has 10 heteroatoms. The molecule has 0 aliphatic carbocycles. The van der Waals surface area contributed by atoms with Crippen LogP contribution < -0.4 is 5.32 Å². The van der Waals surface area contributed by atoms with E-state index < -0.39 is 5.97 Å². The Balaban J connectivity index is 1.48. The molecule has 0 spiro atoms. The quantitative estimate of drug-likeness (QED) is 0.834. The Morgan fingerprint density at radius 2 is 2.29 bits per heavy atom. The number of nitrogens with zero attached hydrogens (tertiary/aromatic N) is 5. The summed E-state index contributed by atoms with van der Waals surface area (Å²) < 4.78 is 1.48. The molecule has 2 amide bonds. The zero-order valence-electron chi connectivity index (χ0n) is 10.8. The van der Waals surface area contributed by atoms with Crippen LogP contribution in [0, 0.1) is 0 Å². The third kappa shape index (κ3) is 2.84. The number of aromatic nitrogens is 4. The van der Waals surface area contributed by atoms with Crippen molar-refractivity contribution in [2.45, 2.75) is 12.6 Å². The maximum absolute atomic E-state index is 11.9. The second kappa shape index (κ2) is 5.48. The van der Waals surface area contributed by atoms with Gasteiger partial charge < -0.3 is 15.3 Å². The molecule has 2 N–H and O–H groups in total. The molecule has 3 rings (SSSR count). The van der Waals surface area contributed by atoms with Gasteiger partial charge in [-0.25, -0.2) is 19.3 Å². The molecule has 1 saturated heterocycles. The molecule has 0 atom stereocenters. The molecule has 1 aliphatic rings. The molecule has 1 fully saturated rings. The average Bonchev–Trinajstić information content (AvgIpc) is 3.06. The summed E-state index contributed by atoms with van der Waals surface area (Å²) in [5, 5.41) is 21.6. The van der Waals surface area contributed by atoms with Crippen LogP contribution >= 0.6 is 11.3 Å². The van der Waals surface area contributed by atoms with Crippen molar-refractivity contribution in [2.75, 3.05) is 13.1 Å². The van der Waals surface area contributed by atoms with E-state index >= 15 is 0 Å². The number of carbonyl (C=O) groups excluding carboxylic acids is 1. The molecule has 2 aromatic heterocycles. The predicted molar refractivity (Wildman–Crippen MR) is 71.9 cm³/mol. The van der Waals surface area contributed by atoms with Gasteiger partial charge in [0, 0.05) is 24.7 Å². The minimum atomic E-state index is -1.11. The fourth-order valence-electron chi connectivity index (χ4n) is 1.94. The summed E-state index contributed by atoms with van der Waals surface area (Å²) in [5.41, 5.74) is -0.0957. The third-order valence-electron chi connectivity index (χ3n) is 3.13. The first-order valence-electron chi connectivity index (χ1n) is 6.20. The molecule has 0 unspecified atom stereocenters. The second-order valence-electron chi connectivity index (χ2n) is 4.53. The molecule has 0 saturated carbocycles. The lowest BCUT2D eigenvalue weighted by molar-refractivity contribution is 0.0690. The van der Waals surface area contributed by atoms with E-state index in [1.807, 2.05) is 5.38 Å². The number of likely N-dealkylation sites (tertiary alicyclic amines) is 1. The van der Waals surface area contributed by atoms with Crippen molar-refractivity contribution in [3.05, 3.63) is 28.5 Å². The van der Waals surface area contributed by atoms with E-state index in [1.54, 1.807) is 11.1 Å². The molecule has 0 radical (unpaired) electrons. The summed E-state index contributed by atoms with van der Waals surface area (Å²) in [4.78, 5) is 28.3. The minimum absolute atomic E-state index is 0.0313. The van der Waals surface area contributed by atoms with Gasteiger partial charge >= 0.3 is 12.0 Å². The van der Waals surface area contributed by atoms with Gasteiger partial charge in [-0.05, 0) is 0 Å². The van der Waals surface area contributed by atoms with Crippen molar-refractivity contribution in [3.63, 3.8) is 0 Å². The molecule has 2 aromatic rings. The number of amides is 2. The summed E-state index contributed by atoms with van der Waals surface area (Å²) in [7, 11) is 0. The first-order valence-corrected chi connectivity index (χ1v) is 7.07. The number of carboxylic acids is 1. The normalized spacial score (nSPS) is 14.8. The van der Waals surface area contributed by atoms with E-state index in [0.29, 0.717) is 19.6 Å². The van der Waals surface area contributed by atoms with E-state index in [9.17, 15) is 9.59 Å². The Hall–Kier alpha value is -2.49. The number of rotatable bonds is 4. The number of carboxylic acid groups (broad SMARTS) is 1. The summed E-state index contributed by atoms with van der Waals surface area (Å²) in [6, 6.07) is -0.198. The highest BCUT2D eigenvalue weighted by Gasteiger charge is 2.33. The topological polar surface area (TPSA) is 113 Å². The van der Waals surface area contributed by atoms with Crippen LogP contribution in [0.4, 0.5) is 4.79 Å². The SMILES string of the molecule is O=C(O)c1cn(C2CN(C(=O)NCc3nccs3)C2)nn1. The molecule has 3 heterocycles. The van der Waals surface area contributed by atoms with E-state index in [4.69, 9.17) is 5.11 Å². The molecule has 110 valence electrons. The van der Waals surface area contributed by atoms with Crippen molar-refractivity contribution < 1.29 is 14.7 Å². The number of hydrogen-bond acceptors (Lipinski definition) is 6. The van der Waals surface area contributed by atoms with Gasteiger partial charge in [-0.1, -0.05) is 5.21 Å². The molecule has 9 nitrogen and oxygen atoms in total. The standard InChI is InChI=1S/C11H12N6O3S/c18-10(19)8-6-17(15-14-8)7-4-16(5-7)11(20)13-3-9-12-1-2-21-9/h1-2,6-7H,3-5H2,(H,13,20)(H,18,19). The van der Waals surface area contributed by atoms with Crippen molar-refractivity contribution in [1.82, 2.24) is 30.2 Å². The Morgan fingerprint density at radius 1 is 1.48 bits per heavy atom. The second-order valence-corrected chi connectivity index (χ2v) is 5.51. The fraction of sp³-hybridized carbons (Fsp3) is 0.364. The molecular formula is C11H12N6O3S. The van der Waals surface area contributed by atoms with Crippen LogP contribution in [0.25, 0.3) is 0 Å². The van der Waals surface area contributed by atoms with Crippen LogP contribution in [-0.4, -0.2) is 55.1 Å². The highest BCUT2D eigenvalue weighted by molar-refractivity contribution is 7.09. The van der Waals surface area contributed by atoms with E-state index in [0.717, 1.165) is 5.01 Å². The lowest BCUT2D eigenvalue weighted by Gasteiger charge is -2.38. The highest BCUT2D eigenvalue weighted by atomic mass is 32.1. The van der Waals surface area contributed by atoms with Gasteiger partial charge in [-0.3, -0.25) is 0 Å². The Morgan fingerprint density at radius 3 is 2.90 bits per heavy atom. The number of urea groups is 1. The van der Waals surface area contributed by atoms with Crippen LogP contribution in [0.15, 0.2) is 17.8 Å². The Kier molecular flexibility index (Phi) is 3.52. The molecule has 0 bridgehead atoms. The molecule has 1 aliphatic heterocycles. The van der Waals surface area contributed by atoms with Crippen molar-refractivity contribution in [2.24, 2.45) is 0 Å². The largest absolute Gasteiger partial charge is 0.476 e. The van der Waals surface area contributed by atoms with Gasteiger partial charge in [0.1, 0.15) is 5.01 Å². The average molecular weight is 308 g/mol. The zero-order chi connectivity index (χ0) is 14.8. The van der Waals surface area contributed by atoms with Gasteiger partial charge in [0.25, 0.3) is 0 Å². The Bertz CT molecular complexity index is 649. The maximum Gasteiger partial charge on any atom is 0.358 e. The smallest absolute Gasteiger partial charge is 0.358 e. The fourth-order valence-corrected chi connectivity index (χ4v) is 2.50. The monoisotopic (exact) mass is 308 g/mol. The van der Waals surface area contributed by atoms with Gasteiger partial charge in [-0.15, -0.1) is 16.4 Å². The first-order chi connectivity index (χ1) is 10.1. The van der Waals surface area contributed by atoms with Gasteiger partial charge in [0.15, 0.2) is 5.69 Å². The summed E-state index contributed by atoms with van der Waals surface area (Å²) in [6.45, 7) is 1.36. The number of carbonyl (C=O) groups is 2. The van der Waals surface area contributed by atoms with E-state index in [2.05, 4.69) is 20.6 Å². The van der Waals surface area contributed by atoms with E-state index in [-0.39, 0.29) is 17.8 Å². The van der Waals surface area contributed by atoms with Crippen LogP contribution in [0.1, 0.15) is 21.5 Å². The number of hydrogen-bond donors (Lipinski definition) is 2. The number of thiazole rings is 1. The zero-order valence-corrected chi connectivity index (χ0v) is 11.7. The lowest BCUT2D eigenvalue weighted by Crippen LogP contribution is -2.54. The van der Waals surface area contributed by atoms with Crippen molar-refractivity contribution >= 4 is 23.3 Å². The predicted octanol–water partition coefficient (Wildman–Crippen LogP) is 0.199. The number of aromatic carboxylic acids is 1. The van der Waals surface area contributed by atoms with Crippen molar-refractivity contribution in [1.29, 1.82) is 0 Å². The molecule has 0 aromatic carbocycles. The summed E-state index contributed by atoms with van der Waals surface area (Å²) >= 11 is 1.48. The highest BCUT2D eigenvalue weighted by Crippen LogP contribution is 2.20. The van der Waals surface area contributed by atoms with Crippen LogP contribution in [0.3, 0.4) is 0 Å². The van der Waals surface area contributed by atoms with Gasteiger partial charge in [0.2, 0.25) is 0 Å². The molecular weight excluding hydrogens is 296 g/mol. The van der Waals surface area contributed by atoms with Gasteiger partial charge in [-0.2, -0.15) is 0 Å². The first kappa shape index (κ1) is 13.5. The minimum Gasteiger partial charge on any atom is -0.476 e. The lowest BCUT2D eigenvalue weighted by atomic mass is 10.1. The van der Waals surface area contributed by atoms with Crippen molar-refractivity contribution in [3.8, 4) is 0 Å². The summed E-state index contributed by atoms with van der Waals surface area (Å²) in [6.07, 6.45) is 3.06. The van der Waals surface area contributed by atoms with Gasteiger partial charge in [0.05, 0.1) is 18.8 Å². The van der Waals surface area contributed by atoms with Crippen LogP contribution in [-0.2, 0) is 6.54 Å². The van der Waals surface area contributed by atoms with Crippen LogP contribution in [0.2, 0.25) is 0 Å². The number of nitrogens with one attached hydrogen (secondary N) is 1. The van der Waals surface area contributed by atoms with E-state index in [1.165, 1.54) is 22.2 Å². The Labute approximate surface area is 123 Å².